The Hall–Kier alpha value is -0.480. The van der Waals surface area contributed by atoms with Crippen LogP contribution in [0.3, 0.4) is 0 Å². The highest BCUT2D eigenvalue weighted by Gasteiger charge is 2.20. The number of carbonyl (C=O) groups is 1. The van der Waals surface area contributed by atoms with Gasteiger partial charge in [-0.1, -0.05) is 30.1 Å². The lowest BCUT2D eigenvalue weighted by Crippen LogP contribution is -2.39. The summed E-state index contributed by atoms with van der Waals surface area (Å²) in [6.45, 7) is 4.12. The Labute approximate surface area is 130 Å². The van der Waals surface area contributed by atoms with E-state index in [1.807, 2.05) is 13.8 Å². The first-order chi connectivity index (χ1) is 8.31. The van der Waals surface area contributed by atoms with E-state index < -0.39 is 0 Å². The van der Waals surface area contributed by atoms with Gasteiger partial charge in [-0.2, -0.15) is 0 Å². The second-order valence-electron chi connectivity index (χ2n) is 4.62. The molecule has 6 heteroatoms. The number of hydrogen-bond acceptors (Lipinski definition) is 2. The maximum Gasteiger partial charge on any atom is 0.226 e. The zero-order valence-electron chi connectivity index (χ0n) is 11.2. The van der Waals surface area contributed by atoms with Crippen LogP contribution in [0.2, 0.25) is 10.0 Å². The average molecular weight is 326 g/mol. The molecule has 2 N–H and O–H groups in total. The molecule has 1 amide bonds. The molecule has 0 saturated heterocycles. The van der Waals surface area contributed by atoms with Crippen LogP contribution >= 0.6 is 35.6 Å². The Kier molecular flexibility index (Phi) is 7.75. The summed E-state index contributed by atoms with van der Waals surface area (Å²) in [5.74, 6) is -0.189. The monoisotopic (exact) mass is 324 g/mol. The SMILES string of the molecule is CC(N)C(C)C(=O)N(C)Cc1cc(Cl)cc(Cl)c1.Cl. The summed E-state index contributed by atoms with van der Waals surface area (Å²) < 4.78 is 0. The molecule has 0 aliphatic carbocycles. The first kappa shape index (κ1) is 18.5. The van der Waals surface area contributed by atoms with Crippen LogP contribution in [-0.4, -0.2) is 23.9 Å². The number of rotatable bonds is 4. The molecule has 0 spiro atoms. The molecular weight excluding hydrogens is 307 g/mol. The van der Waals surface area contributed by atoms with Crippen molar-refractivity contribution in [2.24, 2.45) is 11.7 Å². The number of amides is 1. The molecule has 3 nitrogen and oxygen atoms in total. The van der Waals surface area contributed by atoms with Crippen LogP contribution < -0.4 is 5.73 Å². The molecule has 1 aromatic carbocycles. The highest BCUT2D eigenvalue weighted by atomic mass is 35.5. The molecule has 0 aliphatic rings. The summed E-state index contributed by atoms with van der Waals surface area (Å²) in [7, 11) is 1.75. The molecule has 2 unspecified atom stereocenters. The zero-order chi connectivity index (χ0) is 13.9. The molecule has 19 heavy (non-hydrogen) atoms. The van der Waals surface area contributed by atoms with E-state index in [0.29, 0.717) is 16.6 Å². The average Bonchev–Trinajstić information content (AvgIpc) is 2.25. The fourth-order valence-electron chi connectivity index (χ4n) is 1.63. The minimum absolute atomic E-state index is 0. The standard InChI is InChI=1S/C13H18Cl2N2O.ClH/c1-8(9(2)16)13(18)17(3)7-10-4-11(14)6-12(15)5-10;/h4-6,8-9H,7,16H2,1-3H3;1H. The van der Waals surface area contributed by atoms with E-state index in [1.54, 1.807) is 30.1 Å². The van der Waals surface area contributed by atoms with E-state index in [2.05, 4.69) is 0 Å². The maximum atomic E-state index is 12.0. The Morgan fingerprint density at radius 3 is 2.16 bits per heavy atom. The van der Waals surface area contributed by atoms with Gasteiger partial charge in [-0.15, -0.1) is 12.4 Å². The third kappa shape index (κ3) is 5.57. The number of hydrogen-bond donors (Lipinski definition) is 1. The zero-order valence-corrected chi connectivity index (χ0v) is 13.5. The quantitative estimate of drug-likeness (QED) is 0.922. The molecule has 0 fully saturated rings. The van der Waals surface area contributed by atoms with Crippen LogP contribution in [0.5, 0.6) is 0 Å². The summed E-state index contributed by atoms with van der Waals surface area (Å²) in [5.41, 5.74) is 6.63. The topological polar surface area (TPSA) is 46.3 Å². The third-order valence-electron chi connectivity index (χ3n) is 2.90. The molecule has 0 radical (unpaired) electrons. The highest BCUT2D eigenvalue weighted by molar-refractivity contribution is 6.34. The van der Waals surface area contributed by atoms with Gasteiger partial charge < -0.3 is 10.6 Å². The minimum atomic E-state index is -0.204. The maximum absolute atomic E-state index is 12.0. The number of benzene rings is 1. The van der Waals surface area contributed by atoms with Crippen LogP contribution in [0.15, 0.2) is 18.2 Å². The summed E-state index contributed by atoms with van der Waals surface area (Å²) in [6.07, 6.45) is 0. The summed E-state index contributed by atoms with van der Waals surface area (Å²) in [5, 5.41) is 1.14. The minimum Gasteiger partial charge on any atom is -0.341 e. The van der Waals surface area contributed by atoms with Gasteiger partial charge in [0.05, 0.1) is 5.92 Å². The van der Waals surface area contributed by atoms with Gasteiger partial charge in [0.15, 0.2) is 0 Å². The molecule has 1 rings (SSSR count). The normalized spacial score (nSPS) is 13.4. The van der Waals surface area contributed by atoms with Gasteiger partial charge in [-0.3, -0.25) is 4.79 Å². The van der Waals surface area contributed by atoms with E-state index in [9.17, 15) is 4.79 Å². The first-order valence-electron chi connectivity index (χ1n) is 5.76. The van der Waals surface area contributed by atoms with Crippen LogP contribution in [0, 0.1) is 5.92 Å². The fraction of sp³-hybridized carbons (Fsp3) is 0.462. The largest absolute Gasteiger partial charge is 0.341 e. The smallest absolute Gasteiger partial charge is 0.226 e. The van der Waals surface area contributed by atoms with E-state index in [4.69, 9.17) is 28.9 Å². The molecular formula is C13H19Cl3N2O. The molecule has 0 aliphatic heterocycles. The van der Waals surface area contributed by atoms with Gasteiger partial charge in [0.1, 0.15) is 0 Å². The second-order valence-corrected chi connectivity index (χ2v) is 5.49. The van der Waals surface area contributed by atoms with E-state index in [-0.39, 0.29) is 30.3 Å². The summed E-state index contributed by atoms with van der Waals surface area (Å²) in [4.78, 5) is 13.7. The number of nitrogens with zero attached hydrogens (tertiary/aromatic N) is 1. The Balaban J connectivity index is 0.00000324. The molecule has 108 valence electrons. The van der Waals surface area contributed by atoms with Crippen molar-refractivity contribution in [3.63, 3.8) is 0 Å². The summed E-state index contributed by atoms with van der Waals surface area (Å²) >= 11 is 11.8. The second kappa shape index (κ2) is 7.95. The van der Waals surface area contributed by atoms with Crippen LogP contribution in [0.1, 0.15) is 19.4 Å². The molecule has 0 saturated carbocycles. The summed E-state index contributed by atoms with van der Waals surface area (Å²) in [6, 6.07) is 5.10. The third-order valence-corrected chi connectivity index (χ3v) is 3.33. The molecule has 2 atom stereocenters. The predicted octanol–water partition coefficient (Wildman–Crippen LogP) is 3.36. The van der Waals surface area contributed by atoms with E-state index in [1.165, 1.54) is 0 Å². The highest BCUT2D eigenvalue weighted by Crippen LogP contribution is 2.20. The van der Waals surface area contributed by atoms with Gasteiger partial charge in [0.25, 0.3) is 0 Å². The van der Waals surface area contributed by atoms with Crippen molar-refractivity contribution in [2.75, 3.05) is 7.05 Å². The van der Waals surface area contributed by atoms with Gasteiger partial charge >= 0.3 is 0 Å². The van der Waals surface area contributed by atoms with Crippen molar-refractivity contribution >= 4 is 41.5 Å². The van der Waals surface area contributed by atoms with Crippen molar-refractivity contribution in [3.05, 3.63) is 33.8 Å². The van der Waals surface area contributed by atoms with Crippen molar-refractivity contribution in [3.8, 4) is 0 Å². The lowest BCUT2D eigenvalue weighted by atomic mass is 10.0. The van der Waals surface area contributed by atoms with Crippen molar-refractivity contribution < 1.29 is 4.79 Å². The lowest BCUT2D eigenvalue weighted by Gasteiger charge is -2.23. The van der Waals surface area contributed by atoms with Crippen molar-refractivity contribution in [1.29, 1.82) is 0 Å². The Morgan fingerprint density at radius 1 is 1.26 bits per heavy atom. The molecule has 1 aromatic rings. The Bertz CT molecular complexity index is 418. The van der Waals surface area contributed by atoms with Crippen LogP contribution in [-0.2, 0) is 11.3 Å². The van der Waals surface area contributed by atoms with Gasteiger partial charge in [0.2, 0.25) is 5.91 Å². The lowest BCUT2D eigenvalue weighted by molar-refractivity contribution is -0.134. The predicted molar refractivity (Wildman–Crippen MR) is 83.0 cm³/mol. The Morgan fingerprint density at radius 2 is 1.74 bits per heavy atom. The van der Waals surface area contributed by atoms with E-state index >= 15 is 0 Å². The molecule has 0 bridgehead atoms. The van der Waals surface area contributed by atoms with Gasteiger partial charge in [-0.25, -0.2) is 0 Å². The van der Waals surface area contributed by atoms with Crippen LogP contribution in [0.25, 0.3) is 0 Å². The molecule has 0 heterocycles. The van der Waals surface area contributed by atoms with Crippen molar-refractivity contribution in [1.82, 2.24) is 4.90 Å². The number of halogens is 3. The first-order valence-corrected chi connectivity index (χ1v) is 6.52. The van der Waals surface area contributed by atoms with Crippen LogP contribution in [0.4, 0.5) is 0 Å². The number of nitrogens with two attached hydrogens (primary N) is 1. The number of carbonyl (C=O) groups excluding carboxylic acids is 1. The molecule has 0 aromatic heterocycles. The van der Waals surface area contributed by atoms with Crippen molar-refractivity contribution in [2.45, 2.75) is 26.4 Å². The fourth-order valence-corrected chi connectivity index (χ4v) is 2.20. The van der Waals surface area contributed by atoms with Gasteiger partial charge in [-0.05, 0) is 30.7 Å². The van der Waals surface area contributed by atoms with Gasteiger partial charge in [0, 0.05) is 29.7 Å². The van der Waals surface area contributed by atoms with E-state index in [0.717, 1.165) is 5.56 Å².